The van der Waals surface area contributed by atoms with Gasteiger partial charge in [0.05, 0.1) is 10.6 Å². The monoisotopic (exact) mass is 426 g/mol. The number of guanidine groups is 1. The fourth-order valence-electron chi connectivity index (χ4n) is 3.39. The number of nitrogens with one attached hydrogen (secondary N) is 3. The average molecular weight is 427 g/mol. The van der Waals surface area contributed by atoms with E-state index in [0.29, 0.717) is 30.4 Å². The van der Waals surface area contributed by atoms with Gasteiger partial charge in [-0.05, 0) is 43.5 Å². The van der Waals surface area contributed by atoms with Crippen molar-refractivity contribution in [2.75, 3.05) is 18.8 Å². The SMILES string of the molecule is CCNC(=NCCc1c[nH]c2ccccc12)NC(CC)CS(=O)(=O)c1ccccc1. The van der Waals surface area contributed by atoms with Gasteiger partial charge in [-0.1, -0.05) is 43.3 Å². The highest BCUT2D eigenvalue weighted by Gasteiger charge is 2.21. The molecule has 7 heteroatoms. The van der Waals surface area contributed by atoms with Crippen LogP contribution in [0.3, 0.4) is 0 Å². The number of rotatable bonds is 9. The second-order valence-electron chi connectivity index (χ2n) is 7.21. The molecule has 1 heterocycles. The number of para-hydroxylation sites is 1. The highest BCUT2D eigenvalue weighted by atomic mass is 32.2. The standard InChI is InChI=1S/C23H30N4O2S/c1-3-19(17-30(28,29)20-10-6-5-7-11-20)27-23(24-4-2)25-15-14-18-16-26-22-13-9-8-12-21(18)22/h5-13,16,19,26H,3-4,14-15,17H2,1-2H3,(H2,24,25,27). The highest BCUT2D eigenvalue weighted by Crippen LogP contribution is 2.18. The van der Waals surface area contributed by atoms with E-state index in [0.717, 1.165) is 11.9 Å². The van der Waals surface area contributed by atoms with Crippen molar-refractivity contribution in [3.8, 4) is 0 Å². The molecular weight excluding hydrogens is 396 g/mol. The quantitative estimate of drug-likeness (QED) is 0.361. The van der Waals surface area contributed by atoms with Crippen LogP contribution >= 0.6 is 0 Å². The Balaban J connectivity index is 1.65. The normalized spacial score (nSPS) is 13.3. The second kappa shape index (κ2) is 10.3. The van der Waals surface area contributed by atoms with Crippen LogP contribution in [0, 0.1) is 0 Å². The number of hydrogen-bond donors (Lipinski definition) is 3. The summed E-state index contributed by atoms with van der Waals surface area (Å²) in [4.78, 5) is 8.31. The van der Waals surface area contributed by atoms with E-state index in [1.165, 1.54) is 10.9 Å². The second-order valence-corrected chi connectivity index (χ2v) is 9.25. The number of H-pyrrole nitrogens is 1. The van der Waals surface area contributed by atoms with Crippen molar-refractivity contribution < 1.29 is 8.42 Å². The van der Waals surface area contributed by atoms with Gasteiger partial charge in [-0.3, -0.25) is 4.99 Å². The molecule has 2 aromatic carbocycles. The molecule has 0 saturated heterocycles. The minimum Gasteiger partial charge on any atom is -0.361 e. The van der Waals surface area contributed by atoms with Crippen LogP contribution in [0.4, 0.5) is 0 Å². The summed E-state index contributed by atoms with van der Waals surface area (Å²) in [5.74, 6) is 0.674. The molecule has 1 atom stereocenters. The first-order chi connectivity index (χ1) is 14.5. The van der Waals surface area contributed by atoms with Crippen LogP contribution in [0.1, 0.15) is 25.8 Å². The fraction of sp³-hybridized carbons (Fsp3) is 0.348. The van der Waals surface area contributed by atoms with Gasteiger partial charge in [0, 0.05) is 36.2 Å². The molecule has 1 aromatic heterocycles. The third-order valence-corrected chi connectivity index (χ3v) is 6.86. The number of benzene rings is 2. The minimum absolute atomic E-state index is 0.0282. The predicted molar refractivity (Wildman–Crippen MR) is 124 cm³/mol. The molecule has 0 saturated carbocycles. The van der Waals surface area contributed by atoms with Crippen molar-refractivity contribution in [2.45, 2.75) is 37.6 Å². The molecule has 0 bridgehead atoms. The molecule has 0 radical (unpaired) electrons. The zero-order valence-electron chi connectivity index (χ0n) is 17.6. The Hall–Kier alpha value is -2.80. The molecule has 30 heavy (non-hydrogen) atoms. The summed E-state index contributed by atoms with van der Waals surface area (Å²) in [5.41, 5.74) is 2.35. The van der Waals surface area contributed by atoms with E-state index in [2.05, 4.69) is 32.7 Å². The molecule has 0 aliphatic carbocycles. The Bertz CT molecular complexity index is 1070. The van der Waals surface area contributed by atoms with Gasteiger partial charge >= 0.3 is 0 Å². The van der Waals surface area contributed by atoms with Gasteiger partial charge in [-0.15, -0.1) is 0 Å². The van der Waals surface area contributed by atoms with Crippen LogP contribution in [0.15, 0.2) is 70.7 Å². The van der Waals surface area contributed by atoms with Gasteiger partial charge in [0.1, 0.15) is 0 Å². The van der Waals surface area contributed by atoms with Crippen molar-refractivity contribution in [1.29, 1.82) is 0 Å². The van der Waals surface area contributed by atoms with Gasteiger partial charge in [0.15, 0.2) is 15.8 Å². The van der Waals surface area contributed by atoms with Gasteiger partial charge in [0.25, 0.3) is 0 Å². The topological polar surface area (TPSA) is 86.3 Å². The average Bonchev–Trinajstić information content (AvgIpc) is 3.17. The molecule has 0 spiro atoms. The molecule has 0 aliphatic rings. The molecule has 3 N–H and O–H groups in total. The number of nitrogens with zero attached hydrogens (tertiary/aromatic N) is 1. The number of aromatic amines is 1. The fourth-order valence-corrected chi connectivity index (χ4v) is 5.00. The molecule has 1 unspecified atom stereocenters. The lowest BCUT2D eigenvalue weighted by Crippen LogP contribution is -2.46. The van der Waals surface area contributed by atoms with Crippen LogP contribution in [-0.4, -0.2) is 44.2 Å². The molecule has 3 rings (SSSR count). The molecule has 0 fully saturated rings. The van der Waals surface area contributed by atoms with Crippen molar-refractivity contribution >= 4 is 26.7 Å². The van der Waals surface area contributed by atoms with Gasteiger partial charge in [-0.2, -0.15) is 0 Å². The van der Waals surface area contributed by atoms with E-state index in [-0.39, 0.29) is 11.8 Å². The summed E-state index contributed by atoms with van der Waals surface area (Å²) < 4.78 is 25.5. The van der Waals surface area contributed by atoms with Crippen LogP contribution in [0.25, 0.3) is 10.9 Å². The lowest BCUT2D eigenvalue weighted by atomic mass is 10.1. The van der Waals surface area contributed by atoms with E-state index in [1.54, 1.807) is 24.3 Å². The number of hydrogen-bond acceptors (Lipinski definition) is 3. The van der Waals surface area contributed by atoms with E-state index in [4.69, 9.17) is 0 Å². The van der Waals surface area contributed by atoms with E-state index in [1.807, 2.05) is 38.2 Å². The molecule has 160 valence electrons. The summed E-state index contributed by atoms with van der Waals surface area (Å²) in [6.45, 7) is 5.30. The Morgan fingerprint density at radius 3 is 2.53 bits per heavy atom. The summed E-state index contributed by atoms with van der Waals surface area (Å²) in [7, 11) is -3.36. The van der Waals surface area contributed by atoms with Crippen molar-refractivity contribution in [2.24, 2.45) is 4.99 Å². The lowest BCUT2D eigenvalue weighted by molar-refractivity contribution is 0.569. The van der Waals surface area contributed by atoms with Crippen LogP contribution in [0.5, 0.6) is 0 Å². The lowest BCUT2D eigenvalue weighted by Gasteiger charge is -2.20. The number of sulfone groups is 1. The van der Waals surface area contributed by atoms with Crippen LogP contribution in [0.2, 0.25) is 0 Å². The van der Waals surface area contributed by atoms with Crippen molar-refractivity contribution in [1.82, 2.24) is 15.6 Å². The molecular formula is C23H30N4O2S. The molecule has 3 aromatic rings. The first kappa shape index (κ1) is 21.9. The summed E-state index contributed by atoms with van der Waals surface area (Å²) in [5, 5.41) is 7.74. The molecule has 6 nitrogen and oxygen atoms in total. The van der Waals surface area contributed by atoms with Gasteiger partial charge in [-0.25, -0.2) is 8.42 Å². The zero-order chi connectivity index (χ0) is 21.4. The number of fused-ring (bicyclic) bond motifs is 1. The smallest absolute Gasteiger partial charge is 0.191 e. The van der Waals surface area contributed by atoms with E-state index < -0.39 is 9.84 Å². The number of aliphatic imine (C=N–C) groups is 1. The zero-order valence-corrected chi connectivity index (χ0v) is 18.4. The van der Waals surface area contributed by atoms with Crippen molar-refractivity contribution in [3.05, 3.63) is 66.4 Å². The highest BCUT2D eigenvalue weighted by molar-refractivity contribution is 7.91. The van der Waals surface area contributed by atoms with E-state index in [9.17, 15) is 8.42 Å². The first-order valence-electron chi connectivity index (χ1n) is 10.4. The van der Waals surface area contributed by atoms with Gasteiger partial charge in [0.2, 0.25) is 0 Å². The van der Waals surface area contributed by atoms with Crippen LogP contribution in [-0.2, 0) is 16.3 Å². The summed E-state index contributed by atoms with van der Waals surface area (Å²) in [6, 6.07) is 16.6. The molecule has 0 aliphatic heterocycles. The van der Waals surface area contributed by atoms with E-state index >= 15 is 0 Å². The predicted octanol–water partition coefficient (Wildman–Crippen LogP) is 3.52. The maximum absolute atomic E-state index is 12.7. The third kappa shape index (κ3) is 5.63. The summed E-state index contributed by atoms with van der Waals surface area (Å²) >= 11 is 0. The first-order valence-corrected chi connectivity index (χ1v) is 12.1. The van der Waals surface area contributed by atoms with Crippen molar-refractivity contribution in [3.63, 3.8) is 0 Å². The van der Waals surface area contributed by atoms with Gasteiger partial charge < -0.3 is 15.6 Å². The maximum atomic E-state index is 12.7. The Labute approximate surface area is 178 Å². The largest absolute Gasteiger partial charge is 0.361 e. The Kier molecular flexibility index (Phi) is 7.52. The van der Waals surface area contributed by atoms with Crippen LogP contribution < -0.4 is 10.6 Å². The third-order valence-electron chi connectivity index (χ3n) is 5.03. The minimum atomic E-state index is -3.36. The maximum Gasteiger partial charge on any atom is 0.191 e. The Morgan fingerprint density at radius 1 is 1.07 bits per heavy atom. The molecule has 0 amide bonds. The summed E-state index contributed by atoms with van der Waals surface area (Å²) in [6.07, 6.45) is 3.51. The number of aromatic nitrogens is 1. The Morgan fingerprint density at radius 2 is 1.80 bits per heavy atom.